The molecule has 0 bridgehead atoms. The molecule has 0 spiro atoms. The van der Waals surface area contributed by atoms with Gasteiger partial charge in [-0.15, -0.1) is 0 Å². The van der Waals surface area contributed by atoms with Crippen molar-refractivity contribution in [3.8, 4) is 0 Å². The lowest BCUT2D eigenvalue weighted by Gasteiger charge is -2.32. The Hall–Kier alpha value is -3.46. The molecular weight excluding hydrogens is 370 g/mol. The van der Waals surface area contributed by atoms with Crippen LogP contribution in [-0.4, -0.2) is 11.8 Å². The van der Waals surface area contributed by atoms with Crippen molar-refractivity contribution in [3.63, 3.8) is 0 Å². The molecule has 0 radical (unpaired) electrons. The van der Waals surface area contributed by atoms with Gasteiger partial charge in [0.2, 0.25) is 11.8 Å². The second-order valence-electron chi connectivity index (χ2n) is 8.11. The van der Waals surface area contributed by atoms with Gasteiger partial charge in [-0.05, 0) is 29.7 Å². The van der Waals surface area contributed by atoms with Gasteiger partial charge in [0, 0.05) is 11.8 Å². The summed E-state index contributed by atoms with van der Waals surface area (Å²) in [5, 5.41) is 0. The summed E-state index contributed by atoms with van der Waals surface area (Å²) in [5.41, 5.74) is 3.77. The number of fused-ring (bicyclic) bond motifs is 1. The summed E-state index contributed by atoms with van der Waals surface area (Å²) in [4.78, 5) is 28.9. The van der Waals surface area contributed by atoms with E-state index >= 15 is 0 Å². The van der Waals surface area contributed by atoms with E-state index in [-0.39, 0.29) is 23.7 Å². The Morgan fingerprint density at radius 3 is 1.50 bits per heavy atom. The van der Waals surface area contributed by atoms with Crippen molar-refractivity contribution >= 4 is 17.5 Å². The quantitative estimate of drug-likeness (QED) is 0.451. The molecule has 1 aliphatic heterocycles. The minimum Gasteiger partial charge on any atom is -0.274 e. The molecule has 3 nitrogen and oxygen atoms in total. The van der Waals surface area contributed by atoms with Crippen LogP contribution in [0.3, 0.4) is 0 Å². The lowest BCUT2D eigenvalue weighted by atomic mass is 9.68. The van der Waals surface area contributed by atoms with Crippen molar-refractivity contribution in [2.45, 2.75) is 18.8 Å². The highest BCUT2D eigenvalue weighted by molar-refractivity contribution is 6.23. The van der Waals surface area contributed by atoms with Crippen LogP contribution in [0, 0.1) is 18.8 Å². The van der Waals surface area contributed by atoms with Crippen molar-refractivity contribution in [1.29, 1.82) is 0 Å². The minimum absolute atomic E-state index is 0.0987. The monoisotopic (exact) mass is 393 g/mol. The third-order valence-electron chi connectivity index (χ3n) is 6.42. The summed E-state index contributed by atoms with van der Waals surface area (Å²) in [5.74, 6) is -1.23. The SMILES string of the molecule is Cc1ccccc1N1C(=O)[C@H]2[C@H](C1=O)[C@@H](c1ccccc1)C=C[C@@H]2c1ccccc1. The zero-order valence-corrected chi connectivity index (χ0v) is 16.8. The number of anilines is 1. The van der Waals surface area contributed by atoms with E-state index in [1.807, 2.05) is 91.9 Å². The van der Waals surface area contributed by atoms with Crippen LogP contribution < -0.4 is 4.90 Å². The van der Waals surface area contributed by atoms with E-state index in [0.29, 0.717) is 5.69 Å². The Balaban J connectivity index is 1.65. The number of aryl methyl sites for hydroxylation is 1. The van der Waals surface area contributed by atoms with Crippen molar-refractivity contribution in [2.24, 2.45) is 11.8 Å². The molecule has 0 saturated carbocycles. The van der Waals surface area contributed by atoms with Crippen molar-refractivity contribution in [1.82, 2.24) is 0 Å². The molecule has 5 rings (SSSR count). The van der Waals surface area contributed by atoms with Crippen LogP contribution in [0.4, 0.5) is 5.69 Å². The highest BCUT2D eigenvalue weighted by atomic mass is 16.2. The predicted molar refractivity (Wildman–Crippen MR) is 118 cm³/mol. The molecule has 1 fully saturated rings. The fraction of sp³-hybridized carbons (Fsp3) is 0.185. The van der Waals surface area contributed by atoms with E-state index in [1.165, 1.54) is 4.90 Å². The van der Waals surface area contributed by atoms with Gasteiger partial charge in [-0.3, -0.25) is 9.59 Å². The number of imide groups is 1. The molecule has 0 N–H and O–H groups in total. The molecule has 148 valence electrons. The standard InChI is InChI=1S/C27H23NO2/c1-18-10-8-9-15-23(18)28-26(29)24-21(19-11-4-2-5-12-19)16-17-22(25(24)27(28)30)20-13-6-3-7-14-20/h2-17,21-22,24-25H,1H3/t21-,22-,24-,25-/m1/s1. The van der Waals surface area contributed by atoms with Crippen LogP contribution in [0.25, 0.3) is 0 Å². The zero-order chi connectivity index (χ0) is 20.7. The van der Waals surface area contributed by atoms with Gasteiger partial charge in [-0.2, -0.15) is 0 Å². The summed E-state index contributed by atoms with van der Waals surface area (Å²) in [6.07, 6.45) is 4.25. The van der Waals surface area contributed by atoms with Crippen molar-refractivity contribution < 1.29 is 9.59 Å². The Bertz CT molecular complexity index is 1050. The molecule has 0 aromatic heterocycles. The lowest BCUT2D eigenvalue weighted by Crippen LogP contribution is -2.32. The van der Waals surface area contributed by atoms with Crippen LogP contribution in [0.15, 0.2) is 97.1 Å². The molecule has 1 saturated heterocycles. The topological polar surface area (TPSA) is 37.4 Å². The fourth-order valence-electron chi connectivity index (χ4n) is 4.99. The predicted octanol–water partition coefficient (Wildman–Crippen LogP) is 5.24. The van der Waals surface area contributed by atoms with Crippen LogP contribution in [0.1, 0.15) is 28.5 Å². The summed E-state index contributed by atoms with van der Waals surface area (Å²) in [6.45, 7) is 1.94. The van der Waals surface area contributed by atoms with E-state index in [0.717, 1.165) is 16.7 Å². The molecular formula is C27H23NO2. The van der Waals surface area contributed by atoms with Crippen LogP contribution in [0.5, 0.6) is 0 Å². The van der Waals surface area contributed by atoms with Crippen molar-refractivity contribution in [2.75, 3.05) is 4.90 Å². The van der Waals surface area contributed by atoms with Crippen LogP contribution in [0.2, 0.25) is 0 Å². The van der Waals surface area contributed by atoms with Gasteiger partial charge in [0.05, 0.1) is 17.5 Å². The molecule has 1 heterocycles. The lowest BCUT2D eigenvalue weighted by molar-refractivity contribution is -0.122. The van der Waals surface area contributed by atoms with Gasteiger partial charge in [0.15, 0.2) is 0 Å². The number of hydrogen-bond donors (Lipinski definition) is 0. The minimum atomic E-state index is -0.408. The number of para-hydroxylation sites is 1. The van der Waals surface area contributed by atoms with E-state index in [2.05, 4.69) is 12.2 Å². The van der Waals surface area contributed by atoms with Gasteiger partial charge in [-0.25, -0.2) is 4.90 Å². The third-order valence-corrected chi connectivity index (χ3v) is 6.42. The molecule has 2 aliphatic rings. The first-order chi connectivity index (χ1) is 14.7. The highest BCUT2D eigenvalue weighted by Crippen LogP contribution is 2.50. The first-order valence-electron chi connectivity index (χ1n) is 10.4. The second-order valence-corrected chi connectivity index (χ2v) is 8.11. The molecule has 0 unspecified atom stereocenters. The largest absolute Gasteiger partial charge is 0.274 e. The normalized spacial score (nSPS) is 25.4. The van der Waals surface area contributed by atoms with Gasteiger partial charge >= 0.3 is 0 Å². The number of nitrogens with zero attached hydrogens (tertiary/aromatic N) is 1. The Kier molecular flexibility index (Phi) is 4.59. The molecule has 3 heteroatoms. The maximum Gasteiger partial charge on any atom is 0.238 e. The molecule has 3 aromatic rings. The number of carbonyl (C=O) groups excluding carboxylic acids is 2. The fourth-order valence-corrected chi connectivity index (χ4v) is 4.99. The van der Waals surface area contributed by atoms with Gasteiger partial charge in [-0.1, -0.05) is 91.0 Å². The summed E-state index contributed by atoms with van der Waals surface area (Å²) < 4.78 is 0. The van der Waals surface area contributed by atoms with Crippen molar-refractivity contribution in [3.05, 3.63) is 114 Å². The van der Waals surface area contributed by atoms with E-state index < -0.39 is 11.8 Å². The number of benzene rings is 3. The van der Waals surface area contributed by atoms with Crippen LogP contribution >= 0.6 is 0 Å². The van der Waals surface area contributed by atoms with E-state index in [1.54, 1.807) is 0 Å². The summed E-state index contributed by atoms with van der Waals surface area (Å²) in [7, 11) is 0. The summed E-state index contributed by atoms with van der Waals surface area (Å²) >= 11 is 0. The van der Waals surface area contributed by atoms with Crippen LogP contribution in [-0.2, 0) is 9.59 Å². The van der Waals surface area contributed by atoms with Gasteiger partial charge in [0.1, 0.15) is 0 Å². The maximum absolute atomic E-state index is 13.7. The number of hydrogen-bond acceptors (Lipinski definition) is 2. The second kappa shape index (κ2) is 7.42. The average Bonchev–Trinajstić information content (AvgIpc) is 3.06. The number of amides is 2. The smallest absolute Gasteiger partial charge is 0.238 e. The molecule has 30 heavy (non-hydrogen) atoms. The molecule has 3 aromatic carbocycles. The first-order valence-corrected chi connectivity index (χ1v) is 10.4. The Labute approximate surface area is 176 Å². The first kappa shape index (κ1) is 18.6. The average molecular weight is 393 g/mol. The zero-order valence-electron chi connectivity index (χ0n) is 16.8. The van der Waals surface area contributed by atoms with E-state index in [4.69, 9.17) is 0 Å². The molecule has 2 amide bonds. The number of carbonyl (C=O) groups is 2. The Morgan fingerprint density at radius 2 is 1.03 bits per heavy atom. The number of rotatable bonds is 3. The highest BCUT2D eigenvalue weighted by Gasteiger charge is 2.55. The number of allylic oxidation sites excluding steroid dienone is 2. The third kappa shape index (κ3) is 2.89. The molecule has 4 atom stereocenters. The summed E-state index contributed by atoms with van der Waals surface area (Å²) in [6, 6.07) is 27.7. The Morgan fingerprint density at radius 1 is 0.600 bits per heavy atom. The van der Waals surface area contributed by atoms with E-state index in [9.17, 15) is 9.59 Å². The van der Waals surface area contributed by atoms with Gasteiger partial charge in [0.25, 0.3) is 0 Å². The van der Waals surface area contributed by atoms with Gasteiger partial charge < -0.3 is 0 Å². The maximum atomic E-state index is 13.7. The molecule has 1 aliphatic carbocycles.